The number of aliphatic hydroxyl groups is 1. The van der Waals surface area contributed by atoms with Crippen molar-refractivity contribution in [3.8, 4) is 0 Å². The molecular weight excluding hydrogens is 332 g/mol. The summed E-state index contributed by atoms with van der Waals surface area (Å²) in [4.78, 5) is 0. The normalized spacial score (nSPS) is 26.7. The zero-order chi connectivity index (χ0) is 14.9. The molecule has 1 aromatic rings. The Kier molecular flexibility index (Phi) is 4.69. The van der Waals surface area contributed by atoms with Gasteiger partial charge in [0.1, 0.15) is 0 Å². The predicted molar refractivity (Wildman–Crippen MR) is 85.3 cm³/mol. The highest BCUT2D eigenvalue weighted by Gasteiger charge is 2.41. The summed E-state index contributed by atoms with van der Waals surface area (Å²) in [5.74, 6) is 0.275. The van der Waals surface area contributed by atoms with E-state index in [1.165, 1.54) is 0 Å². The molecule has 4 heteroatoms. The van der Waals surface area contributed by atoms with E-state index in [9.17, 15) is 5.11 Å². The number of ether oxygens (including phenoxy) is 2. The van der Waals surface area contributed by atoms with Crippen LogP contribution in [-0.4, -0.2) is 30.5 Å². The maximum absolute atomic E-state index is 10.8. The minimum absolute atomic E-state index is 0.0641. The Morgan fingerprint density at radius 2 is 2.05 bits per heavy atom. The summed E-state index contributed by atoms with van der Waals surface area (Å²) in [7, 11) is 0. The summed E-state index contributed by atoms with van der Waals surface area (Å²) in [6.45, 7) is 4.37. The first kappa shape index (κ1) is 15.5. The monoisotopic (exact) mass is 354 g/mol. The minimum Gasteiger partial charge on any atom is -0.388 e. The van der Waals surface area contributed by atoms with Gasteiger partial charge in [0.25, 0.3) is 0 Å². The molecule has 0 bridgehead atoms. The third kappa shape index (κ3) is 3.34. The summed E-state index contributed by atoms with van der Waals surface area (Å²) in [5, 5.41) is 10.8. The predicted octanol–water partition coefficient (Wildman–Crippen LogP) is 3.77. The van der Waals surface area contributed by atoms with Crippen molar-refractivity contribution in [2.45, 2.75) is 44.3 Å². The summed E-state index contributed by atoms with van der Waals surface area (Å²) in [6, 6.07) is 6.12. The molecule has 21 heavy (non-hydrogen) atoms. The van der Waals surface area contributed by atoms with Crippen molar-refractivity contribution >= 4 is 15.9 Å². The van der Waals surface area contributed by atoms with Crippen LogP contribution in [0.3, 0.4) is 0 Å². The number of hydrogen-bond donors (Lipinski definition) is 1. The van der Waals surface area contributed by atoms with Crippen LogP contribution >= 0.6 is 15.9 Å². The largest absolute Gasteiger partial charge is 0.388 e. The Morgan fingerprint density at radius 1 is 1.29 bits per heavy atom. The fourth-order valence-corrected chi connectivity index (χ4v) is 4.13. The van der Waals surface area contributed by atoms with Gasteiger partial charge in [-0.05, 0) is 61.8 Å². The van der Waals surface area contributed by atoms with Crippen molar-refractivity contribution in [1.29, 1.82) is 0 Å². The van der Waals surface area contributed by atoms with E-state index in [1.54, 1.807) is 0 Å². The second-order valence-electron chi connectivity index (χ2n) is 6.34. The summed E-state index contributed by atoms with van der Waals surface area (Å²) >= 11 is 3.48. The molecule has 3 rings (SSSR count). The van der Waals surface area contributed by atoms with Crippen LogP contribution in [0, 0.1) is 12.8 Å². The first-order valence-electron chi connectivity index (χ1n) is 7.75. The molecule has 0 aromatic heterocycles. The first-order chi connectivity index (χ1) is 10.1. The van der Waals surface area contributed by atoms with Gasteiger partial charge in [-0.15, -0.1) is 0 Å². The highest BCUT2D eigenvalue weighted by molar-refractivity contribution is 9.10. The Balaban J connectivity index is 1.76. The van der Waals surface area contributed by atoms with Gasteiger partial charge < -0.3 is 14.6 Å². The highest BCUT2D eigenvalue weighted by Crippen LogP contribution is 2.42. The Morgan fingerprint density at radius 3 is 2.76 bits per heavy atom. The standard InChI is InChI=1S/C17H23BrO3/c1-12-10-14(18)2-3-15(12)16(19)13-4-7-21-17(11-13)5-8-20-9-6-17/h2-3,10,13,16,19H,4-9,11H2,1H3. The molecule has 1 N–H and O–H groups in total. The quantitative estimate of drug-likeness (QED) is 0.878. The van der Waals surface area contributed by atoms with Crippen LogP contribution in [-0.2, 0) is 9.47 Å². The third-order valence-electron chi connectivity index (χ3n) is 4.93. The smallest absolute Gasteiger partial charge is 0.0822 e. The van der Waals surface area contributed by atoms with Gasteiger partial charge in [0.15, 0.2) is 0 Å². The molecule has 2 saturated heterocycles. The van der Waals surface area contributed by atoms with E-state index < -0.39 is 6.10 Å². The lowest BCUT2D eigenvalue weighted by molar-refractivity contribution is -0.159. The molecule has 0 saturated carbocycles. The van der Waals surface area contributed by atoms with Crippen LogP contribution < -0.4 is 0 Å². The van der Waals surface area contributed by atoms with E-state index in [4.69, 9.17) is 9.47 Å². The fourth-order valence-electron chi connectivity index (χ4n) is 3.65. The van der Waals surface area contributed by atoms with Gasteiger partial charge in [0, 0.05) is 24.3 Å². The third-order valence-corrected chi connectivity index (χ3v) is 5.43. The average molecular weight is 355 g/mol. The van der Waals surface area contributed by atoms with Crippen molar-refractivity contribution in [3.63, 3.8) is 0 Å². The van der Waals surface area contributed by atoms with Gasteiger partial charge in [-0.1, -0.05) is 22.0 Å². The molecule has 2 heterocycles. The van der Waals surface area contributed by atoms with E-state index in [1.807, 2.05) is 12.1 Å². The van der Waals surface area contributed by atoms with Crippen LogP contribution in [0.25, 0.3) is 0 Å². The molecule has 2 fully saturated rings. The van der Waals surface area contributed by atoms with Crippen LogP contribution in [0.1, 0.15) is 42.9 Å². The van der Waals surface area contributed by atoms with Crippen LogP contribution in [0.4, 0.5) is 0 Å². The lowest BCUT2D eigenvalue weighted by atomic mass is 9.77. The van der Waals surface area contributed by atoms with Crippen molar-refractivity contribution < 1.29 is 14.6 Å². The summed E-state index contributed by atoms with van der Waals surface area (Å²) < 4.78 is 12.6. The number of aryl methyl sites for hydroxylation is 1. The number of aliphatic hydroxyl groups excluding tert-OH is 1. The summed E-state index contributed by atoms with van der Waals surface area (Å²) in [5.41, 5.74) is 2.13. The Bertz CT molecular complexity index is 491. The van der Waals surface area contributed by atoms with Gasteiger partial charge in [-0.2, -0.15) is 0 Å². The molecule has 0 radical (unpaired) electrons. The van der Waals surface area contributed by atoms with Gasteiger partial charge in [0.2, 0.25) is 0 Å². The molecule has 2 atom stereocenters. The Labute approximate surface area is 134 Å². The molecule has 0 aliphatic carbocycles. The number of rotatable bonds is 2. The number of hydrogen-bond acceptors (Lipinski definition) is 3. The lowest BCUT2D eigenvalue weighted by Crippen LogP contribution is -2.45. The zero-order valence-corrected chi connectivity index (χ0v) is 14.1. The topological polar surface area (TPSA) is 38.7 Å². The van der Waals surface area contributed by atoms with Crippen molar-refractivity contribution in [2.24, 2.45) is 5.92 Å². The van der Waals surface area contributed by atoms with Gasteiger partial charge in [0.05, 0.1) is 11.7 Å². The molecule has 1 spiro atoms. The maximum atomic E-state index is 10.8. The molecule has 1 aromatic carbocycles. The van der Waals surface area contributed by atoms with E-state index in [-0.39, 0.29) is 11.5 Å². The maximum Gasteiger partial charge on any atom is 0.0822 e. The van der Waals surface area contributed by atoms with E-state index in [2.05, 4.69) is 28.9 Å². The SMILES string of the molecule is Cc1cc(Br)ccc1C(O)C1CCOC2(CCOCC2)C1. The van der Waals surface area contributed by atoms with Crippen molar-refractivity contribution in [1.82, 2.24) is 0 Å². The number of benzene rings is 1. The molecule has 116 valence electrons. The van der Waals surface area contributed by atoms with Crippen molar-refractivity contribution in [3.05, 3.63) is 33.8 Å². The van der Waals surface area contributed by atoms with E-state index in [0.29, 0.717) is 0 Å². The second kappa shape index (κ2) is 6.37. The highest BCUT2D eigenvalue weighted by atomic mass is 79.9. The number of halogens is 1. The minimum atomic E-state index is -0.401. The molecule has 0 amide bonds. The molecular formula is C17H23BrO3. The van der Waals surface area contributed by atoms with Gasteiger partial charge >= 0.3 is 0 Å². The van der Waals surface area contributed by atoms with E-state index >= 15 is 0 Å². The van der Waals surface area contributed by atoms with Gasteiger partial charge in [-0.3, -0.25) is 0 Å². The molecule has 2 unspecified atom stereocenters. The van der Waals surface area contributed by atoms with E-state index in [0.717, 1.165) is 61.1 Å². The lowest BCUT2D eigenvalue weighted by Gasteiger charge is -2.44. The van der Waals surface area contributed by atoms with Crippen LogP contribution in [0.2, 0.25) is 0 Å². The molecule has 2 aliphatic rings. The first-order valence-corrected chi connectivity index (χ1v) is 8.55. The zero-order valence-electron chi connectivity index (χ0n) is 12.5. The summed E-state index contributed by atoms with van der Waals surface area (Å²) in [6.07, 6.45) is 3.37. The van der Waals surface area contributed by atoms with Crippen LogP contribution in [0.5, 0.6) is 0 Å². The van der Waals surface area contributed by atoms with Crippen molar-refractivity contribution in [2.75, 3.05) is 19.8 Å². The van der Waals surface area contributed by atoms with Crippen LogP contribution in [0.15, 0.2) is 22.7 Å². The average Bonchev–Trinajstić information content (AvgIpc) is 2.47. The Hall–Kier alpha value is -0.420. The molecule has 3 nitrogen and oxygen atoms in total. The molecule has 2 aliphatic heterocycles. The second-order valence-corrected chi connectivity index (χ2v) is 7.26. The fraction of sp³-hybridized carbons (Fsp3) is 0.647. The van der Waals surface area contributed by atoms with Gasteiger partial charge in [-0.25, -0.2) is 0 Å².